The van der Waals surface area contributed by atoms with Crippen LogP contribution in [0.1, 0.15) is 50.6 Å². The predicted octanol–water partition coefficient (Wildman–Crippen LogP) is 4.60. The van der Waals surface area contributed by atoms with Gasteiger partial charge in [-0.1, -0.05) is 24.6 Å². The average molecular weight is 388 g/mol. The Labute approximate surface area is 169 Å². The van der Waals surface area contributed by atoms with Gasteiger partial charge in [0.25, 0.3) is 0 Å². The Balaban J connectivity index is 1.61. The molecule has 0 saturated heterocycles. The van der Waals surface area contributed by atoms with E-state index in [1.165, 1.54) is 6.42 Å². The van der Waals surface area contributed by atoms with Gasteiger partial charge >= 0.3 is 5.97 Å². The molecule has 0 spiro atoms. The quantitative estimate of drug-likeness (QED) is 0.664. The van der Waals surface area contributed by atoms with E-state index in [9.17, 15) is 4.79 Å². The van der Waals surface area contributed by atoms with Crippen molar-refractivity contribution in [3.63, 3.8) is 0 Å². The van der Waals surface area contributed by atoms with Crippen LogP contribution in [0, 0.1) is 0 Å². The summed E-state index contributed by atoms with van der Waals surface area (Å²) in [6.45, 7) is 1.92. The number of pyridine rings is 1. The molecule has 2 aromatic heterocycles. The number of hydrogen-bond donors (Lipinski definition) is 1. The number of imidazole rings is 1. The van der Waals surface area contributed by atoms with Crippen LogP contribution in [0.15, 0.2) is 60.1 Å². The summed E-state index contributed by atoms with van der Waals surface area (Å²) < 4.78 is 8.05. The normalized spacial score (nSPS) is 19.7. The zero-order chi connectivity index (χ0) is 19.8. The number of carbonyl (C=O) groups is 1. The van der Waals surface area contributed by atoms with Crippen molar-refractivity contribution in [1.82, 2.24) is 14.5 Å². The summed E-state index contributed by atoms with van der Waals surface area (Å²) in [6, 6.07) is 11.5. The molecule has 1 N–H and O–H groups in total. The van der Waals surface area contributed by atoms with Gasteiger partial charge in [-0.25, -0.2) is 9.78 Å². The summed E-state index contributed by atoms with van der Waals surface area (Å²) in [6.07, 6.45) is 8.92. The fourth-order valence-electron chi connectivity index (χ4n) is 4.48. The van der Waals surface area contributed by atoms with E-state index >= 15 is 0 Å². The molecular weight excluding hydrogens is 364 g/mol. The highest BCUT2D eigenvalue weighted by molar-refractivity contribution is 5.94. The van der Waals surface area contributed by atoms with Gasteiger partial charge in [0.05, 0.1) is 22.6 Å². The van der Waals surface area contributed by atoms with Crippen LogP contribution in [-0.4, -0.2) is 26.6 Å². The van der Waals surface area contributed by atoms with Crippen LogP contribution in [0.3, 0.4) is 0 Å². The van der Waals surface area contributed by atoms with Crippen LogP contribution >= 0.6 is 0 Å². The summed E-state index contributed by atoms with van der Waals surface area (Å²) in [5.41, 5.74) is 4.20. The van der Waals surface area contributed by atoms with E-state index < -0.39 is 0 Å². The molecule has 1 saturated carbocycles. The van der Waals surface area contributed by atoms with Gasteiger partial charge in [-0.3, -0.25) is 9.55 Å². The van der Waals surface area contributed by atoms with E-state index in [2.05, 4.69) is 14.9 Å². The van der Waals surface area contributed by atoms with Crippen molar-refractivity contribution >= 4 is 23.0 Å². The van der Waals surface area contributed by atoms with Crippen LogP contribution < -0.4 is 5.32 Å². The highest BCUT2D eigenvalue weighted by Crippen LogP contribution is 2.39. The molecule has 1 fully saturated rings. The second-order valence-electron chi connectivity index (χ2n) is 7.81. The Morgan fingerprint density at radius 1 is 1.14 bits per heavy atom. The molecule has 6 nitrogen and oxygen atoms in total. The van der Waals surface area contributed by atoms with Crippen molar-refractivity contribution in [2.45, 2.75) is 51.2 Å². The van der Waals surface area contributed by atoms with E-state index in [1.807, 2.05) is 49.5 Å². The molecular formula is C23H24N4O2. The summed E-state index contributed by atoms with van der Waals surface area (Å²) in [5, 5.41) is 3.33. The number of fused-ring (bicyclic) bond motifs is 3. The van der Waals surface area contributed by atoms with Crippen molar-refractivity contribution in [2.75, 3.05) is 5.32 Å². The molecule has 1 atom stereocenters. The zero-order valence-corrected chi connectivity index (χ0v) is 16.5. The first-order valence-corrected chi connectivity index (χ1v) is 10.3. The first kappa shape index (κ1) is 17.9. The van der Waals surface area contributed by atoms with Crippen molar-refractivity contribution in [3.8, 4) is 0 Å². The Morgan fingerprint density at radius 3 is 2.76 bits per heavy atom. The first-order valence-electron chi connectivity index (χ1n) is 10.3. The zero-order valence-electron chi connectivity index (χ0n) is 16.5. The number of anilines is 1. The number of rotatable bonds is 3. The predicted molar refractivity (Wildman–Crippen MR) is 111 cm³/mol. The van der Waals surface area contributed by atoms with Crippen molar-refractivity contribution in [2.24, 2.45) is 0 Å². The molecule has 2 aliphatic rings. The molecule has 0 amide bonds. The molecule has 0 unspecified atom stereocenters. The standard InChI is InChI=1S/C23H24N4O2/c1-15-20(22(28)29-17-9-3-2-4-10-17)21(16-8-7-13-24-14-16)27-19-12-6-5-11-18(19)26-23(27)25-15/h5-8,11-14,17,21H,2-4,9-10H2,1H3,(H,25,26)/t21-/m0/s1. The summed E-state index contributed by atoms with van der Waals surface area (Å²) in [7, 11) is 0. The number of nitrogens with one attached hydrogen (secondary N) is 1. The Bertz CT molecular complexity index is 1080. The lowest BCUT2D eigenvalue weighted by Crippen LogP contribution is -2.31. The van der Waals surface area contributed by atoms with Gasteiger partial charge in [0.2, 0.25) is 5.95 Å². The molecule has 6 heteroatoms. The van der Waals surface area contributed by atoms with Crippen molar-refractivity contribution in [1.29, 1.82) is 0 Å². The minimum absolute atomic E-state index is 0.00651. The summed E-state index contributed by atoms with van der Waals surface area (Å²) in [5.74, 6) is 0.478. The van der Waals surface area contributed by atoms with Crippen LogP contribution in [0.25, 0.3) is 11.0 Å². The number of nitrogens with zero attached hydrogens (tertiary/aromatic N) is 3. The number of carbonyl (C=O) groups excluding carboxylic acids is 1. The molecule has 1 aliphatic heterocycles. The van der Waals surface area contributed by atoms with E-state index in [1.54, 1.807) is 6.20 Å². The minimum atomic E-state index is -0.330. The monoisotopic (exact) mass is 388 g/mol. The molecule has 3 heterocycles. The number of benzene rings is 1. The minimum Gasteiger partial charge on any atom is -0.459 e. The third-order valence-corrected chi connectivity index (χ3v) is 5.88. The maximum absolute atomic E-state index is 13.4. The molecule has 29 heavy (non-hydrogen) atoms. The highest BCUT2D eigenvalue weighted by Gasteiger charge is 2.36. The fraction of sp³-hybridized carbons (Fsp3) is 0.348. The number of aromatic nitrogens is 3. The third kappa shape index (κ3) is 3.18. The number of para-hydroxylation sites is 2. The van der Waals surface area contributed by atoms with Gasteiger partial charge in [-0.2, -0.15) is 0 Å². The van der Waals surface area contributed by atoms with Gasteiger partial charge in [0, 0.05) is 18.1 Å². The van der Waals surface area contributed by atoms with Gasteiger partial charge in [-0.15, -0.1) is 0 Å². The lowest BCUT2D eigenvalue weighted by molar-refractivity contribution is -0.146. The van der Waals surface area contributed by atoms with Crippen molar-refractivity contribution < 1.29 is 9.53 Å². The Morgan fingerprint density at radius 2 is 1.97 bits per heavy atom. The second-order valence-corrected chi connectivity index (χ2v) is 7.81. The van der Waals surface area contributed by atoms with Crippen molar-refractivity contribution in [3.05, 3.63) is 65.6 Å². The lowest BCUT2D eigenvalue weighted by Gasteiger charge is -2.31. The molecule has 1 aromatic carbocycles. The van der Waals surface area contributed by atoms with E-state index in [0.29, 0.717) is 5.57 Å². The van der Waals surface area contributed by atoms with Crippen LogP contribution in [0.2, 0.25) is 0 Å². The van der Waals surface area contributed by atoms with Gasteiger partial charge in [0.15, 0.2) is 0 Å². The van der Waals surface area contributed by atoms with E-state index in [-0.39, 0.29) is 18.1 Å². The molecule has 0 bridgehead atoms. The van der Waals surface area contributed by atoms with Crippen LogP contribution in [-0.2, 0) is 9.53 Å². The average Bonchev–Trinajstić information content (AvgIpc) is 3.12. The lowest BCUT2D eigenvalue weighted by atomic mass is 9.95. The SMILES string of the molecule is CC1=C(C(=O)OC2CCCCC2)[C@H](c2cccnc2)n2c(nc3ccccc32)N1. The third-order valence-electron chi connectivity index (χ3n) is 5.88. The molecule has 5 rings (SSSR count). The van der Waals surface area contributed by atoms with Gasteiger partial charge in [0.1, 0.15) is 6.10 Å². The molecule has 3 aromatic rings. The second kappa shape index (κ2) is 7.35. The van der Waals surface area contributed by atoms with Gasteiger partial charge in [-0.05, 0) is 56.4 Å². The first-order chi connectivity index (χ1) is 14.2. The largest absolute Gasteiger partial charge is 0.459 e. The molecule has 148 valence electrons. The number of esters is 1. The van der Waals surface area contributed by atoms with Gasteiger partial charge < -0.3 is 10.1 Å². The number of ether oxygens (including phenoxy) is 1. The maximum Gasteiger partial charge on any atom is 0.338 e. The summed E-state index contributed by atoms with van der Waals surface area (Å²) in [4.78, 5) is 22.4. The van der Waals surface area contributed by atoms with Crippen LogP contribution in [0.5, 0.6) is 0 Å². The maximum atomic E-state index is 13.4. The fourth-order valence-corrected chi connectivity index (χ4v) is 4.48. The Hall–Kier alpha value is -3.15. The molecule has 0 radical (unpaired) electrons. The van der Waals surface area contributed by atoms with E-state index in [4.69, 9.17) is 9.72 Å². The van der Waals surface area contributed by atoms with Crippen LogP contribution in [0.4, 0.5) is 5.95 Å². The highest BCUT2D eigenvalue weighted by atomic mass is 16.5. The molecule has 1 aliphatic carbocycles. The topological polar surface area (TPSA) is 69.0 Å². The number of allylic oxidation sites excluding steroid dienone is 1. The van der Waals surface area contributed by atoms with E-state index in [0.717, 1.165) is 53.9 Å². The number of hydrogen-bond acceptors (Lipinski definition) is 5. The smallest absolute Gasteiger partial charge is 0.338 e. The Kier molecular flexibility index (Phi) is 4.54. The summed E-state index contributed by atoms with van der Waals surface area (Å²) >= 11 is 0.